The number of nitrogens with one attached hydrogen (secondary N) is 2. The van der Waals surface area contributed by atoms with Crippen LogP contribution in [0.15, 0.2) is 53.3 Å². The Morgan fingerprint density at radius 1 is 1.03 bits per heavy atom. The summed E-state index contributed by atoms with van der Waals surface area (Å²) in [6.45, 7) is 3.80. The maximum atomic E-state index is 13.4. The van der Waals surface area contributed by atoms with Gasteiger partial charge in [-0.25, -0.2) is 14.2 Å². The van der Waals surface area contributed by atoms with Crippen molar-refractivity contribution in [2.75, 3.05) is 17.7 Å². The second-order valence-electron chi connectivity index (χ2n) is 8.17. The molecule has 2 amide bonds. The highest BCUT2D eigenvalue weighted by Gasteiger charge is 2.26. The van der Waals surface area contributed by atoms with Crippen molar-refractivity contribution >= 4 is 57.1 Å². The second-order valence-corrected chi connectivity index (χ2v) is 9.56. The first-order chi connectivity index (χ1) is 17.7. The highest BCUT2D eigenvalue weighted by Crippen LogP contribution is 2.26. The number of benzene rings is 2. The molecule has 0 aliphatic heterocycles. The quantitative estimate of drug-likeness (QED) is 0.321. The second kappa shape index (κ2) is 10.9. The lowest BCUT2D eigenvalue weighted by Gasteiger charge is -2.09. The van der Waals surface area contributed by atoms with Gasteiger partial charge in [0, 0.05) is 28.2 Å². The highest BCUT2D eigenvalue weighted by atomic mass is 35.5. The molecule has 0 spiro atoms. The van der Waals surface area contributed by atoms with Crippen molar-refractivity contribution in [2.24, 2.45) is 0 Å². The molecule has 2 N–H and O–H groups in total. The van der Waals surface area contributed by atoms with Crippen LogP contribution in [0.5, 0.6) is 0 Å². The number of rotatable bonds is 7. The summed E-state index contributed by atoms with van der Waals surface area (Å²) in [5.74, 6) is -1.78. The number of esters is 1. The number of anilines is 2. The Morgan fingerprint density at radius 2 is 1.70 bits per heavy atom. The minimum Gasteiger partial charge on any atom is -0.465 e. The topological polar surface area (TPSA) is 119 Å². The van der Waals surface area contributed by atoms with Gasteiger partial charge in [-0.15, -0.1) is 0 Å². The first kappa shape index (κ1) is 26.1. The number of aromatic nitrogens is 2. The van der Waals surface area contributed by atoms with Crippen LogP contribution in [0.1, 0.15) is 55.1 Å². The maximum Gasteiger partial charge on any atom is 0.337 e. The van der Waals surface area contributed by atoms with Gasteiger partial charge in [0.05, 0.1) is 12.7 Å². The van der Waals surface area contributed by atoms with Gasteiger partial charge in [0.15, 0.2) is 4.96 Å². The number of halogens is 1. The van der Waals surface area contributed by atoms with Gasteiger partial charge in [-0.05, 0) is 55.3 Å². The Bertz CT molecular complexity index is 1580. The van der Waals surface area contributed by atoms with Gasteiger partial charge in [-0.1, -0.05) is 42.3 Å². The van der Waals surface area contributed by atoms with Gasteiger partial charge >= 0.3 is 5.97 Å². The third-order valence-electron chi connectivity index (χ3n) is 5.49. The van der Waals surface area contributed by atoms with Gasteiger partial charge in [0.2, 0.25) is 0 Å². The standard InChI is InChI=1S/C26H23ClN4O5S/c1-4-5-17-13-20(32)31-21(23(33)29-18-9-6-14(2)19(27)12-18)22(37-26(31)30-17)24(34)28-16-10-7-15(8-11-16)25(35)36-3/h6-13H,4-5H2,1-3H3,(H,28,34)(H,29,33). The highest BCUT2D eigenvalue weighted by molar-refractivity contribution is 7.19. The van der Waals surface area contributed by atoms with E-state index in [4.69, 9.17) is 11.6 Å². The maximum absolute atomic E-state index is 13.4. The number of carbonyl (C=O) groups is 3. The van der Waals surface area contributed by atoms with E-state index in [1.54, 1.807) is 18.2 Å². The van der Waals surface area contributed by atoms with Gasteiger partial charge in [-0.2, -0.15) is 0 Å². The molecular formula is C26H23ClN4O5S. The third kappa shape index (κ3) is 5.55. The largest absolute Gasteiger partial charge is 0.465 e. The monoisotopic (exact) mass is 538 g/mol. The van der Waals surface area contributed by atoms with Crippen LogP contribution < -0.4 is 16.2 Å². The zero-order valence-electron chi connectivity index (χ0n) is 20.3. The summed E-state index contributed by atoms with van der Waals surface area (Å²) in [4.78, 5) is 56.2. The molecule has 11 heteroatoms. The lowest BCUT2D eigenvalue weighted by atomic mass is 10.2. The van der Waals surface area contributed by atoms with Gasteiger partial charge < -0.3 is 15.4 Å². The number of hydrogen-bond acceptors (Lipinski definition) is 7. The normalized spacial score (nSPS) is 10.8. The first-order valence-corrected chi connectivity index (χ1v) is 12.5. The van der Waals surface area contributed by atoms with Crippen LogP contribution in [0.3, 0.4) is 0 Å². The first-order valence-electron chi connectivity index (χ1n) is 11.3. The van der Waals surface area contributed by atoms with E-state index in [0.29, 0.717) is 34.1 Å². The molecule has 2 aromatic heterocycles. The molecule has 0 unspecified atom stereocenters. The van der Waals surface area contributed by atoms with Crippen LogP contribution >= 0.6 is 22.9 Å². The fourth-order valence-electron chi connectivity index (χ4n) is 3.62. The average molecular weight is 539 g/mol. The van der Waals surface area contributed by atoms with Crippen LogP contribution in [0, 0.1) is 6.92 Å². The molecule has 0 radical (unpaired) electrons. The molecule has 2 heterocycles. The SMILES string of the molecule is CCCc1cc(=O)n2c(C(=O)Nc3ccc(C)c(Cl)c3)c(C(=O)Nc3ccc(C(=O)OC)cc3)sc2n1. The summed E-state index contributed by atoms with van der Waals surface area (Å²) < 4.78 is 5.83. The summed E-state index contributed by atoms with van der Waals surface area (Å²) in [6.07, 6.45) is 1.37. The summed E-state index contributed by atoms with van der Waals surface area (Å²) >= 11 is 7.13. The number of amides is 2. The number of aryl methyl sites for hydroxylation is 2. The fraction of sp³-hybridized carbons (Fsp3) is 0.192. The van der Waals surface area contributed by atoms with Gasteiger partial charge in [-0.3, -0.25) is 14.4 Å². The van der Waals surface area contributed by atoms with E-state index in [0.717, 1.165) is 27.7 Å². The lowest BCUT2D eigenvalue weighted by Crippen LogP contribution is -2.25. The smallest absolute Gasteiger partial charge is 0.337 e. The summed E-state index contributed by atoms with van der Waals surface area (Å²) in [5, 5.41) is 5.90. The van der Waals surface area contributed by atoms with Crippen molar-refractivity contribution in [3.63, 3.8) is 0 Å². The van der Waals surface area contributed by atoms with Crippen LogP contribution in [0.2, 0.25) is 5.02 Å². The van der Waals surface area contributed by atoms with Crippen molar-refractivity contribution in [1.29, 1.82) is 0 Å². The molecule has 4 aromatic rings. The molecule has 4 rings (SSSR count). The van der Waals surface area contributed by atoms with E-state index < -0.39 is 23.3 Å². The predicted molar refractivity (Wildman–Crippen MR) is 143 cm³/mol. The Balaban J connectivity index is 1.75. The Morgan fingerprint density at radius 3 is 2.35 bits per heavy atom. The number of methoxy groups -OCH3 is 1. The number of thiazole rings is 1. The molecule has 0 fully saturated rings. The van der Waals surface area contributed by atoms with Crippen molar-refractivity contribution in [1.82, 2.24) is 9.38 Å². The number of fused-ring (bicyclic) bond motifs is 1. The summed E-state index contributed by atoms with van der Waals surface area (Å²) in [7, 11) is 1.28. The molecule has 2 aromatic carbocycles. The summed E-state index contributed by atoms with van der Waals surface area (Å²) in [6, 6.07) is 12.5. The zero-order valence-corrected chi connectivity index (χ0v) is 21.8. The van der Waals surface area contributed by atoms with E-state index in [9.17, 15) is 19.2 Å². The van der Waals surface area contributed by atoms with Crippen LogP contribution in [0.25, 0.3) is 4.96 Å². The van der Waals surface area contributed by atoms with E-state index >= 15 is 0 Å². The van der Waals surface area contributed by atoms with Crippen LogP contribution in [0.4, 0.5) is 11.4 Å². The number of ether oxygens (including phenoxy) is 1. The van der Waals surface area contributed by atoms with Crippen molar-refractivity contribution < 1.29 is 19.1 Å². The number of hydrogen-bond donors (Lipinski definition) is 2. The lowest BCUT2D eigenvalue weighted by molar-refractivity contribution is 0.0600. The molecule has 0 atom stereocenters. The molecule has 0 saturated heterocycles. The molecular weight excluding hydrogens is 516 g/mol. The molecule has 190 valence electrons. The minimum absolute atomic E-state index is 0.00556. The molecule has 0 aliphatic carbocycles. The molecule has 37 heavy (non-hydrogen) atoms. The van der Waals surface area contributed by atoms with Crippen molar-refractivity contribution in [3.8, 4) is 0 Å². The van der Waals surface area contributed by atoms with E-state index in [1.807, 2.05) is 13.8 Å². The number of nitrogens with zero attached hydrogens (tertiary/aromatic N) is 2. The van der Waals surface area contributed by atoms with Crippen molar-refractivity contribution in [2.45, 2.75) is 26.7 Å². The molecule has 0 saturated carbocycles. The Hall–Kier alpha value is -4.02. The Labute approximate surface area is 221 Å². The van der Waals surface area contributed by atoms with Crippen LogP contribution in [-0.4, -0.2) is 34.3 Å². The van der Waals surface area contributed by atoms with Crippen molar-refractivity contribution in [3.05, 3.63) is 91.3 Å². The Kier molecular flexibility index (Phi) is 7.70. The van der Waals surface area contributed by atoms with E-state index in [1.165, 1.54) is 37.4 Å². The molecule has 0 aliphatic rings. The average Bonchev–Trinajstić information content (AvgIpc) is 3.27. The fourth-order valence-corrected chi connectivity index (χ4v) is 4.84. The van der Waals surface area contributed by atoms with Crippen LogP contribution in [-0.2, 0) is 11.2 Å². The third-order valence-corrected chi connectivity index (χ3v) is 6.94. The van der Waals surface area contributed by atoms with E-state index in [-0.39, 0.29) is 15.5 Å². The van der Waals surface area contributed by atoms with Gasteiger partial charge in [0.25, 0.3) is 17.4 Å². The number of carbonyl (C=O) groups excluding carboxylic acids is 3. The minimum atomic E-state index is -0.662. The molecule has 9 nitrogen and oxygen atoms in total. The zero-order chi connectivity index (χ0) is 26.7. The summed E-state index contributed by atoms with van der Waals surface area (Å²) in [5.41, 5.74) is 1.93. The predicted octanol–water partition coefficient (Wildman–Crippen LogP) is 4.96. The molecule has 0 bridgehead atoms. The van der Waals surface area contributed by atoms with Gasteiger partial charge in [0.1, 0.15) is 10.6 Å². The van der Waals surface area contributed by atoms with E-state index in [2.05, 4.69) is 20.4 Å².